The summed E-state index contributed by atoms with van der Waals surface area (Å²) in [6.07, 6.45) is 7.48. The molecule has 3 heteroatoms. The number of nitrogens with zero attached hydrogens (tertiary/aromatic N) is 1. The van der Waals surface area contributed by atoms with Gasteiger partial charge in [0.1, 0.15) is 5.82 Å². The topological polar surface area (TPSA) is 15.3 Å². The van der Waals surface area contributed by atoms with E-state index in [1.807, 2.05) is 13.1 Å². The SMILES string of the molecule is CN(c1ccc(CNC2CC2)cc1F)C1CCCC1. The Kier molecular flexibility index (Phi) is 3.74. The van der Waals surface area contributed by atoms with Crippen molar-refractivity contribution in [3.63, 3.8) is 0 Å². The standard InChI is InChI=1S/C16H23FN2/c1-19(14-4-2-3-5-14)16-9-6-12(10-15(16)17)11-18-13-7-8-13/h6,9-10,13-14,18H,2-5,7-8,11H2,1H3. The van der Waals surface area contributed by atoms with Gasteiger partial charge in [0.2, 0.25) is 0 Å². The average Bonchev–Trinajstić information content (AvgIpc) is 3.07. The van der Waals surface area contributed by atoms with Crippen LogP contribution in [0.3, 0.4) is 0 Å². The van der Waals surface area contributed by atoms with Crippen LogP contribution in [0, 0.1) is 5.82 Å². The van der Waals surface area contributed by atoms with Crippen molar-refractivity contribution in [1.82, 2.24) is 5.32 Å². The van der Waals surface area contributed by atoms with Crippen molar-refractivity contribution in [2.24, 2.45) is 0 Å². The van der Waals surface area contributed by atoms with E-state index in [9.17, 15) is 4.39 Å². The van der Waals surface area contributed by atoms with Crippen molar-refractivity contribution in [2.75, 3.05) is 11.9 Å². The van der Waals surface area contributed by atoms with E-state index in [1.54, 1.807) is 6.07 Å². The quantitative estimate of drug-likeness (QED) is 0.874. The van der Waals surface area contributed by atoms with Gasteiger partial charge in [-0.05, 0) is 43.4 Å². The molecule has 1 aromatic carbocycles. The molecule has 0 aliphatic heterocycles. The third kappa shape index (κ3) is 3.08. The lowest BCUT2D eigenvalue weighted by Crippen LogP contribution is -2.29. The molecule has 1 N–H and O–H groups in total. The first-order valence-electron chi connectivity index (χ1n) is 7.48. The van der Waals surface area contributed by atoms with Crippen LogP contribution in [0.5, 0.6) is 0 Å². The zero-order valence-electron chi connectivity index (χ0n) is 11.7. The summed E-state index contributed by atoms with van der Waals surface area (Å²) >= 11 is 0. The second kappa shape index (κ2) is 5.49. The van der Waals surface area contributed by atoms with Crippen LogP contribution in [0.25, 0.3) is 0 Å². The lowest BCUT2D eigenvalue weighted by molar-refractivity contribution is 0.591. The highest BCUT2D eigenvalue weighted by atomic mass is 19.1. The minimum Gasteiger partial charge on any atom is -0.369 e. The fourth-order valence-corrected chi connectivity index (χ4v) is 2.98. The lowest BCUT2D eigenvalue weighted by atomic mass is 10.1. The molecule has 2 fully saturated rings. The van der Waals surface area contributed by atoms with Crippen LogP contribution >= 0.6 is 0 Å². The summed E-state index contributed by atoms with van der Waals surface area (Å²) in [5, 5.41) is 3.42. The Balaban J connectivity index is 1.67. The largest absolute Gasteiger partial charge is 0.369 e. The number of rotatable bonds is 5. The maximum absolute atomic E-state index is 14.2. The molecule has 2 aliphatic carbocycles. The molecule has 0 radical (unpaired) electrons. The Labute approximate surface area is 115 Å². The van der Waals surface area contributed by atoms with Crippen molar-refractivity contribution in [3.05, 3.63) is 29.6 Å². The maximum atomic E-state index is 14.2. The molecule has 2 aliphatic rings. The lowest BCUT2D eigenvalue weighted by Gasteiger charge is -2.27. The first-order valence-corrected chi connectivity index (χ1v) is 7.48. The van der Waals surface area contributed by atoms with Gasteiger partial charge in [-0.25, -0.2) is 4.39 Å². The zero-order valence-corrected chi connectivity index (χ0v) is 11.7. The van der Waals surface area contributed by atoms with Crippen LogP contribution in [0.2, 0.25) is 0 Å². The Bertz CT molecular complexity index is 436. The van der Waals surface area contributed by atoms with Crippen molar-refractivity contribution < 1.29 is 4.39 Å². The van der Waals surface area contributed by atoms with E-state index < -0.39 is 0 Å². The number of hydrogen-bond donors (Lipinski definition) is 1. The summed E-state index contributed by atoms with van der Waals surface area (Å²) in [4.78, 5) is 2.13. The van der Waals surface area contributed by atoms with Gasteiger partial charge in [0.05, 0.1) is 5.69 Å². The maximum Gasteiger partial charge on any atom is 0.146 e. The van der Waals surface area contributed by atoms with Crippen LogP contribution in [0.4, 0.5) is 10.1 Å². The first kappa shape index (κ1) is 12.9. The third-order valence-corrected chi connectivity index (χ3v) is 4.44. The van der Waals surface area contributed by atoms with Crippen LogP contribution in [-0.2, 0) is 6.54 Å². The molecular weight excluding hydrogens is 239 g/mol. The normalized spacial score (nSPS) is 19.9. The van der Waals surface area contributed by atoms with E-state index in [1.165, 1.54) is 38.5 Å². The van der Waals surface area contributed by atoms with Crippen LogP contribution in [-0.4, -0.2) is 19.1 Å². The highest BCUT2D eigenvalue weighted by Gasteiger charge is 2.22. The number of benzene rings is 1. The summed E-state index contributed by atoms with van der Waals surface area (Å²) in [6.45, 7) is 0.787. The molecule has 2 saturated carbocycles. The highest BCUT2D eigenvalue weighted by molar-refractivity contribution is 5.49. The van der Waals surface area contributed by atoms with Crippen LogP contribution in [0.1, 0.15) is 44.1 Å². The van der Waals surface area contributed by atoms with Gasteiger partial charge in [0, 0.05) is 25.7 Å². The van der Waals surface area contributed by atoms with Gasteiger partial charge in [-0.1, -0.05) is 18.9 Å². The molecule has 2 nitrogen and oxygen atoms in total. The van der Waals surface area contributed by atoms with Gasteiger partial charge in [-0.3, -0.25) is 0 Å². The molecule has 19 heavy (non-hydrogen) atoms. The molecule has 3 rings (SSSR count). The highest BCUT2D eigenvalue weighted by Crippen LogP contribution is 2.29. The zero-order chi connectivity index (χ0) is 13.2. The van der Waals surface area contributed by atoms with Gasteiger partial charge in [-0.15, -0.1) is 0 Å². The number of anilines is 1. The molecule has 0 saturated heterocycles. The van der Waals surface area contributed by atoms with E-state index in [-0.39, 0.29) is 5.82 Å². The molecule has 0 heterocycles. The monoisotopic (exact) mass is 262 g/mol. The molecule has 1 aromatic rings. The van der Waals surface area contributed by atoms with Crippen molar-refractivity contribution >= 4 is 5.69 Å². The molecule has 0 bridgehead atoms. The van der Waals surface area contributed by atoms with Gasteiger partial charge < -0.3 is 10.2 Å². The van der Waals surface area contributed by atoms with Crippen molar-refractivity contribution in [1.29, 1.82) is 0 Å². The minimum absolute atomic E-state index is 0.0792. The predicted molar refractivity (Wildman–Crippen MR) is 76.9 cm³/mol. The Morgan fingerprint density at radius 3 is 2.58 bits per heavy atom. The summed E-state index contributed by atoms with van der Waals surface area (Å²) in [6, 6.07) is 6.88. The van der Waals surface area contributed by atoms with Gasteiger partial charge in [0.25, 0.3) is 0 Å². The fourth-order valence-electron chi connectivity index (χ4n) is 2.98. The average molecular weight is 262 g/mol. The van der Waals surface area contributed by atoms with E-state index >= 15 is 0 Å². The van der Waals surface area contributed by atoms with Crippen LogP contribution in [0.15, 0.2) is 18.2 Å². The smallest absolute Gasteiger partial charge is 0.146 e. The number of nitrogens with one attached hydrogen (secondary N) is 1. The summed E-state index contributed by atoms with van der Waals surface area (Å²) in [5.41, 5.74) is 1.80. The fraction of sp³-hybridized carbons (Fsp3) is 0.625. The second-order valence-electron chi connectivity index (χ2n) is 5.99. The van der Waals surface area contributed by atoms with Crippen LogP contribution < -0.4 is 10.2 Å². The molecule has 0 amide bonds. The molecule has 0 aromatic heterocycles. The molecular formula is C16H23FN2. The molecule has 0 unspecified atom stereocenters. The second-order valence-corrected chi connectivity index (χ2v) is 5.99. The molecule has 0 spiro atoms. The van der Waals surface area contributed by atoms with E-state index in [2.05, 4.69) is 16.3 Å². The molecule has 0 atom stereocenters. The van der Waals surface area contributed by atoms with Gasteiger partial charge >= 0.3 is 0 Å². The summed E-state index contributed by atoms with van der Waals surface area (Å²) in [7, 11) is 2.02. The third-order valence-electron chi connectivity index (χ3n) is 4.44. The summed E-state index contributed by atoms with van der Waals surface area (Å²) in [5.74, 6) is -0.0792. The van der Waals surface area contributed by atoms with E-state index in [0.29, 0.717) is 12.1 Å². The van der Waals surface area contributed by atoms with E-state index in [0.717, 1.165) is 17.8 Å². The Morgan fingerprint density at radius 1 is 1.21 bits per heavy atom. The number of halogens is 1. The summed E-state index contributed by atoms with van der Waals surface area (Å²) < 4.78 is 14.2. The first-order chi connectivity index (χ1) is 9.24. The van der Waals surface area contributed by atoms with Gasteiger partial charge in [0.15, 0.2) is 0 Å². The Hall–Kier alpha value is -1.09. The van der Waals surface area contributed by atoms with E-state index in [4.69, 9.17) is 0 Å². The van der Waals surface area contributed by atoms with Crippen molar-refractivity contribution in [3.8, 4) is 0 Å². The number of hydrogen-bond acceptors (Lipinski definition) is 2. The van der Waals surface area contributed by atoms with Gasteiger partial charge in [-0.2, -0.15) is 0 Å². The Morgan fingerprint density at radius 2 is 1.95 bits per heavy atom. The van der Waals surface area contributed by atoms with Crippen molar-refractivity contribution in [2.45, 2.75) is 57.2 Å². The predicted octanol–water partition coefficient (Wildman–Crippen LogP) is 3.46. The minimum atomic E-state index is -0.0792. The molecule has 104 valence electrons.